The van der Waals surface area contributed by atoms with Crippen LogP contribution in [0.3, 0.4) is 0 Å². The Hall–Kier alpha value is -3.28. The van der Waals surface area contributed by atoms with Crippen LogP contribution >= 0.6 is 0 Å². The molecule has 2 aromatic carbocycles. The lowest BCUT2D eigenvalue weighted by Gasteiger charge is -2.11. The van der Waals surface area contributed by atoms with E-state index in [1.807, 2.05) is 18.2 Å². The van der Waals surface area contributed by atoms with Crippen LogP contribution in [0, 0.1) is 0 Å². The number of phenols is 1. The molecule has 6 nitrogen and oxygen atoms in total. The molecule has 0 heterocycles. The summed E-state index contributed by atoms with van der Waals surface area (Å²) in [6, 6.07) is 14.1. The maximum atomic E-state index is 11.7. The third-order valence-corrected chi connectivity index (χ3v) is 3.13. The normalized spacial score (nSPS) is 11.8. The molecule has 0 unspecified atom stereocenters. The fourth-order valence-corrected chi connectivity index (χ4v) is 1.88. The monoisotopic (exact) mass is 327 g/mol. The minimum atomic E-state index is -1.22. The third-order valence-electron chi connectivity index (χ3n) is 3.13. The Kier molecular flexibility index (Phi) is 5.96. The fourth-order valence-electron chi connectivity index (χ4n) is 1.88. The first-order valence-electron chi connectivity index (χ1n) is 7.22. The molecule has 0 spiro atoms. The number of hydrogen-bond donors (Lipinski definition) is 3. The number of hydrogen-bond acceptors (Lipinski definition) is 4. The van der Waals surface area contributed by atoms with E-state index in [9.17, 15) is 14.7 Å². The number of rotatable bonds is 6. The molecule has 24 heavy (non-hydrogen) atoms. The molecule has 1 atom stereocenters. The van der Waals surface area contributed by atoms with E-state index in [4.69, 9.17) is 9.84 Å². The first kappa shape index (κ1) is 17.1. The van der Waals surface area contributed by atoms with Crippen molar-refractivity contribution in [1.82, 2.24) is 5.32 Å². The van der Waals surface area contributed by atoms with E-state index in [0.29, 0.717) is 5.56 Å². The number of phenolic OH excluding ortho intramolecular Hbond substituents is 1. The molecule has 6 heteroatoms. The van der Waals surface area contributed by atoms with Crippen LogP contribution in [0.4, 0.5) is 4.79 Å². The highest BCUT2D eigenvalue weighted by Gasteiger charge is 2.17. The third kappa shape index (κ3) is 5.49. The molecule has 0 aliphatic rings. The summed E-state index contributed by atoms with van der Waals surface area (Å²) in [6.45, 7) is 0.0562. The van der Waals surface area contributed by atoms with Crippen LogP contribution in [0.25, 0.3) is 6.08 Å². The number of carbonyl (C=O) groups excluding carboxylic acids is 1. The van der Waals surface area contributed by atoms with Crippen molar-refractivity contribution in [3.05, 3.63) is 71.8 Å². The molecule has 0 aliphatic carbocycles. The lowest BCUT2D eigenvalue weighted by Crippen LogP contribution is -2.39. The highest BCUT2D eigenvalue weighted by molar-refractivity contribution is 5.82. The molecule has 0 radical (unpaired) electrons. The lowest BCUT2D eigenvalue weighted by atomic mass is 10.1. The first-order valence-corrected chi connectivity index (χ1v) is 7.22. The van der Waals surface area contributed by atoms with E-state index >= 15 is 0 Å². The zero-order valence-corrected chi connectivity index (χ0v) is 12.8. The Labute approximate surface area is 139 Å². The van der Waals surface area contributed by atoms with Gasteiger partial charge in [0.1, 0.15) is 18.4 Å². The van der Waals surface area contributed by atoms with E-state index < -0.39 is 18.1 Å². The van der Waals surface area contributed by atoms with E-state index in [0.717, 1.165) is 5.56 Å². The summed E-state index contributed by atoms with van der Waals surface area (Å²) >= 11 is 0. The van der Waals surface area contributed by atoms with Crippen LogP contribution < -0.4 is 5.32 Å². The van der Waals surface area contributed by atoms with Gasteiger partial charge in [-0.3, -0.25) is 0 Å². The van der Waals surface area contributed by atoms with Crippen LogP contribution in [0.5, 0.6) is 5.75 Å². The van der Waals surface area contributed by atoms with Crippen molar-refractivity contribution in [3.8, 4) is 5.75 Å². The largest absolute Gasteiger partial charge is 0.508 e. The van der Waals surface area contributed by atoms with Gasteiger partial charge in [0, 0.05) is 0 Å². The summed E-state index contributed by atoms with van der Waals surface area (Å²) in [5.41, 5.74) is 1.50. The minimum absolute atomic E-state index is 0.0562. The molecule has 0 saturated heterocycles. The summed E-state index contributed by atoms with van der Waals surface area (Å²) in [7, 11) is 0. The lowest BCUT2D eigenvalue weighted by molar-refractivity contribution is -0.138. The molecule has 0 bridgehead atoms. The molecule has 2 aromatic rings. The van der Waals surface area contributed by atoms with Crippen LogP contribution in [-0.4, -0.2) is 28.3 Å². The van der Waals surface area contributed by atoms with E-state index in [-0.39, 0.29) is 12.4 Å². The highest BCUT2D eigenvalue weighted by Crippen LogP contribution is 2.11. The van der Waals surface area contributed by atoms with E-state index in [1.165, 1.54) is 24.3 Å². The molecule has 1 amide bonds. The highest BCUT2D eigenvalue weighted by atomic mass is 16.5. The van der Waals surface area contributed by atoms with Gasteiger partial charge in [-0.05, 0) is 23.3 Å². The summed E-state index contributed by atoms with van der Waals surface area (Å²) in [5.74, 6) is -1.09. The molecule has 124 valence electrons. The number of aliphatic carboxylic acids is 1. The standard InChI is InChI=1S/C18H17NO5/c20-15-9-6-13(7-10-15)8-11-16(17(21)22)19-18(23)24-12-14-4-2-1-3-5-14/h1-11,16,20H,12H2,(H,19,23)(H,21,22)/b11-8+/t16-/m0/s1. The quantitative estimate of drug-likeness (QED) is 0.758. The van der Waals surface area contributed by atoms with Gasteiger partial charge in [0.15, 0.2) is 0 Å². The maximum Gasteiger partial charge on any atom is 0.408 e. The smallest absolute Gasteiger partial charge is 0.408 e. The number of ether oxygens (including phenoxy) is 1. The molecule has 2 rings (SSSR count). The molecular formula is C18H17NO5. The topological polar surface area (TPSA) is 95.9 Å². The minimum Gasteiger partial charge on any atom is -0.508 e. The van der Waals surface area contributed by atoms with Gasteiger partial charge in [0.05, 0.1) is 0 Å². The zero-order chi connectivity index (χ0) is 17.4. The average Bonchev–Trinajstić information content (AvgIpc) is 2.59. The summed E-state index contributed by atoms with van der Waals surface area (Å²) in [4.78, 5) is 22.9. The SMILES string of the molecule is O=C(N[C@@H](/C=C/c1ccc(O)cc1)C(=O)O)OCc1ccccc1. The number of nitrogens with one attached hydrogen (secondary N) is 1. The van der Waals surface area contributed by atoms with Crippen molar-refractivity contribution in [2.45, 2.75) is 12.6 Å². The van der Waals surface area contributed by atoms with Crippen molar-refractivity contribution >= 4 is 18.1 Å². The first-order chi connectivity index (χ1) is 11.5. The number of amides is 1. The molecule has 0 saturated carbocycles. The van der Waals surface area contributed by atoms with Crippen molar-refractivity contribution in [2.24, 2.45) is 0 Å². The average molecular weight is 327 g/mol. The number of benzene rings is 2. The predicted molar refractivity (Wildman–Crippen MR) is 88.3 cm³/mol. The van der Waals surface area contributed by atoms with Crippen LogP contribution in [0.1, 0.15) is 11.1 Å². The number of aromatic hydroxyl groups is 1. The van der Waals surface area contributed by atoms with Crippen LogP contribution in [0.15, 0.2) is 60.7 Å². The Morgan fingerprint density at radius 3 is 2.38 bits per heavy atom. The summed E-state index contributed by atoms with van der Waals surface area (Å²) in [6.07, 6.45) is 2.05. The van der Waals surface area contributed by atoms with Crippen molar-refractivity contribution in [2.75, 3.05) is 0 Å². The van der Waals surface area contributed by atoms with E-state index in [2.05, 4.69) is 5.32 Å². The number of carbonyl (C=O) groups is 2. The van der Waals surface area contributed by atoms with Gasteiger partial charge < -0.3 is 20.3 Å². The Bertz CT molecular complexity index is 710. The zero-order valence-electron chi connectivity index (χ0n) is 12.8. The van der Waals surface area contributed by atoms with E-state index in [1.54, 1.807) is 24.3 Å². The van der Waals surface area contributed by atoms with Crippen molar-refractivity contribution in [3.63, 3.8) is 0 Å². The second-order valence-corrected chi connectivity index (χ2v) is 4.97. The van der Waals surface area contributed by atoms with Gasteiger partial charge in [0.2, 0.25) is 0 Å². The second-order valence-electron chi connectivity index (χ2n) is 4.97. The van der Waals surface area contributed by atoms with Gasteiger partial charge in [-0.25, -0.2) is 9.59 Å². The molecular weight excluding hydrogens is 310 g/mol. The molecule has 0 aliphatic heterocycles. The van der Waals surface area contributed by atoms with Gasteiger partial charge >= 0.3 is 12.1 Å². The molecule has 0 aromatic heterocycles. The second kappa shape index (κ2) is 8.38. The Balaban J connectivity index is 1.91. The van der Waals surface area contributed by atoms with Gasteiger partial charge in [-0.2, -0.15) is 0 Å². The molecule has 3 N–H and O–H groups in total. The number of alkyl carbamates (subject to hydrolysis) is 1. The fraction of sp³-hybridized carbons (Fsp3) is 0.111. The summed E-state index contributed by atoms with van der Waals surface area (Å²) < 4.78 is 5.00. The number of carboxylic acids is 1. The van der Waals surface area contributed by atoms with Crippen molar-refractivity contribution in [1.29, 1.82) is 0 Å². The number of carboxylic acid groups (broad SMARTS) is 1. The molecule has 0 fully saturated rings. The summed E-state index contributed by atoms with van der Waals surface area (Å²) in [5, 5.41) is 20.6. The Morgan fingerprint density at radius 1 is 1.08 bits per heavy atom. The van der Waals surface area contributed by atoms with Crippen molar-refractivity contribution < 1.29 is 24.5 Å². The predicted octanol–water partition coefficient (Wildman–Crippen LogP) is 2.79. The van der Waals surface area contributed by atoms with Gasteiger partial charge in [0.25, 0.3) is 0 Å². The van der Waals surface area contributed by atoms with Gasteiger partial charge in [-0.1, -0.05) is 54.6 Å². The van der Waals surface area contributed by atoms with Crippen LogP contribution in [0.2, 0.25) is 0 Å². The Morgan fingerprint density at radius 2 is 1.75 bits per heavy atom. The van der Waals surface area contributed by atoms with Gasteiger partial charge in [-0.15, -0.1) is 0 Å². The van der Waals surface area contributed by atoms with Crippen LogP contribution in [-0.2, 0) is 16.1 Å². The maximum absolute atomic E-state index is 11.7.